The topological polar surface area (TPSA) is 51.8 Å². The van der Waals surface area contributed by atoms with Crippen molar-refractivity contribution < 1.29 is 4.39 Å². The number of nitrogens with zero attached hydrogens (tertiary/aromatic N) is 2. The third-order valence-electron chi connectivity index (χ3n) is 2.33. The Balaban J connectivity index is 2.17. The van der Waals surface area contributed by atoms with Gasteiger partial charge >= 0.3 is 0 Å². The molecule has 96 valence electrons. The number of hydrogen-bond acceptors (Lipinski definition) is 5. The van der Waals surface area contributed by atoms with Crippen molar-refractivity contribution >= 4 is 23.3 Å². The second-order valence-corrected chi connectivity index (χ2v) is 5.84. The molecule has 0 saturated heterocycles. The van der Waals surface area contributed by atoms with Gasteiger partial charge < -0.3 is 5.73 Å². The van der Waals surface area contributed by atoms with Crippen LogP contribution in [0.1, 0.15) is 18.3 Å². The summed E-state index contributed by atoms with van der Waals surface area (Å²) in [5.41, 5.74) is 6.40. The van der Waals surface area contributed by atoms with Gasteiger partial charge in [0.25, 0.3) is 0 Å². The highest BCUT2D eigenvalue weighted by Crippen LogP contribution is 2.30. The first-order valence-corrected chi connectivity index (χ1v) is 7.30. The van der Waals surface area contributed by atoms with Gasteiger partial charge in [-0.2, -0.15) is 4.37 Å². The molecule has 1 heterocycles. The van der Waals surface area contributed by atoms with Gasteiger partial charge in [-0.15, -0.1) is 0 Å². The zero-order chi connectivity index (χ0) is 13.0. The standard InChI is InChI=1S/C12H14FN3S2/c1-2-11-15-12(18-16-11)17-10-6-8(3-4-14)5-9(13)7-10/h5-7H,2-4,14H2,1H3. The van der Waals surface area contributed by atoms with Crippen LogP contribution in [-0.4, -0.2) is 15.9 Å². The molecule has 0 atom stereocenters. The Morgan fingerprint density at radius 1 is 1.39 bits per heavy atom. The maximum atomic E-state index is 13.4. The van der Waals surface area contributed by atoms with E-state index in [-0.39, 0.29) is 5.82 Å². The van der Waals surface area contributed by atoms with E-state index in [1.807, 2.05) is 13.0 Å². The van der Waals surface area contributed by atoms with E-state index in [4.69, 9.17) is 5.73 Å². The molecule has 3 nitrogen and oxygen atoms in total. The third kappa shape index (κ3) is 3.51. The zero-order valence-electron chi connectivity index (χ0n) is 10.0. The van der Waals surface area contributed by atoms with Crippen LogP contribution in [0.5, 0.6) is 0 Å². The summed E-state index contributed by atoms with van der Waals surface area (Å²) in [5, 5.41) is 0. The molecule has 0 bridgehead atoms. The fourth-order valence-corrected chi connectivity index (χ4v) is 3.30. The molecule has 0 spiro atoms. The minimum atomic E-state index is -0.233. The summed E-state index contributed by atoms with van der Waals surface area (Å²) in [6.07, 6.45) is 1.50. The van der Waals surface area contributed by atoms with Gasteiger partial charge in [0, 0.05) is 11.3 Å². The number of aryl methyl sites for hydroxylation is 1. The largest absolute Gasteiger partial charge is 0.330 e. The highest BCUT2D eigenvalue weighted by Gasteiger charge is 2.07. The number of hydrogen-bond donors (Lipinski definition) is 1. The molecule has 0 aliphatic rings. The predicted octanol–water partition coefficient (Wildman–Crippen LogP) is 2.89. The number of halogens is 1. The van der Waals surface area contributed by atoms with Crippen molar-refractivity contribution in [2.24, 2.45) is 5.73 Å². The highest BCUT2D eigenvalue weighted by molar-refractivity contribution is 8.01. The smallest absolute Gasteiger partial charge is 0.174 e. The van der Waals surface area contributed by atoms with E-state index in [1.54, 1.807) is 0 Å². The summed E-state index contributed by atoms with van der Waals surface area (Å²) in [7, 11) is 0. The van der Waals surface area contributed by atoms with Crippen LogP contribution in [-0.2, 0) is 12.8 Å². The van der Waals surface area contributed by atoms with Crippen molar-refractivity contribution in [3.8, 4) is 0 Å². The van der Waals surface area contributed by atoms with E-state index < -0.39 is 0 Å². The van der Waals surface area contributed by atoms with Crippen LogP contribution in [0.2, 0.25) is 0 Å². The molecule has 6 heteroatoms. The van der Waals surface area contributed by atoms with Gasteiger partial charge in [0.05, 0.1) is 0 Å². The first-order valence-electron chi connectivity index (χ1n) is 5.71. The minimum Gasteiger partial charge on any atom is -0.330 e. The molecule has 1 aromatic heterocycles. The van der Waals surface area contributed by atoms with Crippen molar-refractivity contribution in [3.63, 3.8) is 0 Å². The van der Waals surface area contributed by atoms with Crippen LogP contribution in [0.4, 0.5) is 4.39 Å². The molecule has 0 aliphatic carbocycles. The molecule has 0 fully saturated rings. The maximum Gasteiger partial charge on any atom is 0.174 e. The van der Waals surface area contributed by atoms with Crippen LogP contribution in [0.15, 0.2) is 27.4 Å². The van der Waals surface area contributed by atoms with Gasteiger partial charge in [0.1, 0.15) is 11.6 Å². The Morgan fingerprint density at radius 3 is 2.89 bits per heavy atom. The molecule has 2 aromatic rings. The lowest BCUT2D eigenvalue weighted by Crippen LogP contribution is -2.02. The maximum absolute atomic E-state index is 13.4. The van der Waals surface area contributed by atoms with Crippen molar-refractivity contribution in [2.75, 3.05) is 6.54 Å². The first kappa shape index (κ1) is 13.5. The SMILES string of the molecule is CCc1nsc(Sc2cc(F)cc(CCN)c2)n1. The summed E-state index contributed by atoms with van der Waals surface area (Å²) < 4.78 is 18.5. The summed E-state index contributed by atoms with van der Waals surface area (Å²) in [4.78, 5) is 5.20. The van der Waals surface area contributed by atoms with E-state index in [2.05, 4.69) is 9.36 Å². The molecule has 0 amide bonds. The summed E-state index contributed by atoms with van der Waals surface area (Å²) in [5.74, 6) is 0.602. The van der Waals surface area contributed by atoms with Gasteiger partial charge in [-0.3, -0.25) is 0 Å². The van der Waals surface area contributed by atoms with Crippen LogP contribution in [0.3, 0.4) is 0 Å². The molecule has 2 N–H and O–H groups in total. The normalized spacial score (nSPS) is 10.8. The predicted molar refractivity (Wildman–Crippen MR) is 72.6 cm³/mol. The van der Waals surface area contributed by atoms with E-state index >= 15 is 0 Å². The van der Waals surface area contributed by atoms with Crippen molar-refractivity contribution in [2.45, 2.75) is 29.0 Å². The molecule has 2 rings (SSSR count). The Morgan fingerprint density at radius 2 is 2.22 bits per heavy atom. The molecule has 0 aliphatic heterocycles. The Bertz CT molecular complexity index is 528. The van der Waals surface area contributed by atoms with Gasteiger partial charge in [0.2, 0.25) is 0 Å². The average Bonchev–Trinajstić information content (AvgIpc) is 2.76. The van der Waals surface area contributed by atoms with Crippen molar-refractivity contribution in [1.29, 1.82) is 0 Å². The number of nitrogens with two attached hydrogens (primary N) is 1. The number of benzene rings is 1. The van der Waals surface area contributed by atoms with Crippen LogP contribution in [0.25, 0.3) is 0 Å². The van der Waals surface area contributed by atoms with E-state index in [0.29, 0.717) is 13.0 Å². The summed E-state index contributed by atoms with van der Waals surface area (Å²) >= 11 is 2.79. The lowest BCUT2D eigenvalue weighted by Gasteiger charge is -2.03. The van der Waals surface area contributed by atoms with Crippen LogP contribution >= 0.6 is 23.3 Å². The van der Waals surface area contributed by atoms with E-state index in [1.165, 1.54) is 35.4 Å². The van der Waals surface area contributed by atoms with Crippen molar-refractivity contribution in [1.82, 2.24) is 9.36 Å². The van der Waals surface area contributed by atoms with Gasteiger partial charge in [0.15, 0.2) is 4.34 Å². The lowest BCUT2D eigenvalue weighted by molar-refractivity contribution is 0.621. The summed E-state index contributed by atoms with van der Waals surface area (Å²) in [6, 6.07) is 4.99. The molecule has 0 unspecified atom stereocenters. The zero-order valence-corrected chi connectivity index (χ0v) is 11.7. The molecular weight excluding hydrogens is 269 g/mol. The van der Waals surface area contributed by atoms with E-state index in [9.17, 15) is 4.39 Å². The Labute approximate surface area is 114 Å². The molecule has 0 saturated carbocycles. The number of aromatic nitrogens is 2. The fraction of sp³-hybridized carbons (Fsp3) is 0.333. The second kappa shape index (κ2) is 6.26. The fourth-order valence-electron chi connectivity index (χ4n) is 1.51. The van der Waals surface area contributed by atoms with Crippen LogP contribution < -0.4 is 5.73 Å². The average molecular weight is 283 g/mol. The second-order valence-electron chi connectivity index (χ2n) is 3.77. The lowest BCUT2D eigenvalue weighted by atomic mass is 10.1. The molecular formula is C12H14FN3S2. The van der Waals surface area contributed by atoms with E-state index in [0.717, 1.165) is 27.0 Å². The van der Waals surface area contributed by atoms with Crippen molar-refractivity contribution in [3.05, 3.63) is 35.4 Å². The van der Waals surface area contributed by atoms with Gasteiger partial charge in [-0.1, -0.05) is 18.7 Å². The Hall–Kier alpha value is -0.980. The van der Waals surface area contributed by atoms with Crippen LogP contribution in [0, 0.1) is 5.82 Å². The molecule has 0 radical (unpaired) electrons. The summed E-state index contributed by atoms with van der Waals surface area (Å²) in [6.45, 7) is 2.53. The minimum absolute atomic E-state index is 0.233. The molecule has 1 aromatic carbocycles. The Kier molecular flexibility index (Phi) is 4.68. The van der Waals surface area contributed by atoms with Gasteiger partial charge in [-0.05, 0) is 48.3 Å². The highest BCUT2D eigenvalue weighted by atomic mass is 32.2. The third-order valence-corrected chi connectivity index (χ3v) is 4.10. The van der Waals surface area contributed by atoms with Gasteiger partial charge in [-0.25, -0.2) is 9.37 Å². The monoisotopic (exact) mass is 283 g/mol. The quantitative estimate of drug-likeness (QED) is 0.916. The first-order chi connectivity index (χ1) is 8.71. The number of rotatable bonds is 5. The molecule has 18 heavy (non-hydrogen) atoms.